The lowest BCUT2D eigenvalue weighted by atomic mass is 10.2. The van der Waals surface area contributed by atoms with Gasteiger partial charge in [-0.1, -0.05) is 12.1 Å². The van der Waals surface area contributed by atoms with Gasteiger partial charge in [0.05, 0.1) is 13.4 Å². The summed E-state index contributed by atoms with van der Waals surface area (Å²) in [5, 5.41) is 0. The van der Waals surface area contributed by atoms with Gasteiger partial charge in [-0.3, -0.25) is 4.79 Å². The summed E-state index contributed by atoms with van der Waals surface area (Å²) in [6, 6.07) is 7.11. The van der Waals surface area contributed by atoms with Gasteiger partial charge in [-0.05, 0) is 23.8 Å². The van der Waals surface area contributed by atoms with E-state index in [4.69, 9.17) is 9.47 Å². The molecular weight excluding hydrogens is 360 g/mol. The molecule has 1 aliphatic rings. The van der Waals surface area contributed by atoms with E-state index in [1.54, 1.807) is 37.5 Å². The first kappa shape index (κ1) is 19.9. The number of sulfonamides is 1. The van der Waals surface area contributed by atoms with E-state index in [1.807, 2.05) is 0 Å². The molecule has 1 fully saturated rings. The normalized spacial score (nSPS) is 15.8. The third-order valence-electron chi connectivity index (χ3n) is 3.93. The van der Waals surface area contributed by atoms with Crippen LogP contribution in [-0.4, -0.2) is 75.7 Å². The Morgan fingerprint density at radius 1 is 1.12 bits per heavy atom. The molecular formula is C17H22N2O6S. The van der Waals surface area contributed by atoms with Crippen molar-refractivity contribution in [1.29, 1.82) is 0 Å². The predicted octanol–water partition coefficient (Wildman–Crippen LogP) is 0.355. The molecule has 1 saturated heterocycles. The van der Waals surface area contributed by atoms with Crippen molar-refractivity contribution in [2.45, 2.75) is 0 Å². The average molecular weight is 382 g/mol. The maximum absolute atomic E-state index is 12.0. The van der Waals surface area contributed by atoms with Crippen LogP contribution in [0.5, 0.6) is 5.75 Å². The van der Waals surface area contributed by atoms with Crippen LogP contribution in [0.2, 0.25) is 0 Å². The number of carbonyl (C=O) groups excluding carboxylic acids is 2. The summed E-state index contributed by atoms with van der Waals surface area (Å²) in [4.78, 5) is 25.3. The van der Waals surface area contributed by atoms with E-state index in [0.29, 0.717) is 5.75 Å². The van der Waals surface area contributed by atoms with E-state index < -0.39 is 16.0 Å². The van der Waals surface area contributed by atoms with Gasteiger partial charge in [0.15, 0.2) is 6.61 Å². The van der Waals surface area contributed by atoms with Crippen LogP contribution in [0.4, 0.5) is 0 Å². The zero-order valence-electron chi connectivity index (χ0n) is 14.8. The summed E-state index contributed by atoms with van der Waals surface area (Å²) in [5.74, 6) is -0.250. The zero-order chi connectivity index (χ0) is 19.2. The second-order valence-electron chi connectivity index (χ2n) is 5.76. The number of rotatable bonds is 6. The van der Waals surface area contributed by atoms with Crippen LogP contribution in [0.25, 0.3) is 6.08 Å². The van der Waals surface area contributed by atoms with Crippen molar-refractivity contribution in [2.75, 3.05) is 46.2 Å². The van der Waals surface area contributed by atoms with Crippen molar-refractivity contribution in [1.82, 2.24) is 9.21 Å². The van der Waals surface area contributed by atoms with Crippen LogP contribution in [0.1, 0.15) is 5.56 Å². The second-order valence-corrected chi connectivity index (χ2v) is 7.74. The van der Waals surface area contributed by atoms with Gasteiger partial charge in [0.25, 0.3) is 5.91 Å². The number of piperazine rings is 1. The van der Waals surface area contributed by atoms with Crippen molar-refractivity contribution in [3.8, 4) is 5.75 Å². The molecule has 0 aliphatic carbocycles. The van der Waals surface area contributed by atoms with Crippen LogP contribution in [0.3, 0.4) is 0 Å². The number of ether oxygens (including phenoxy) is 2. The van der Waals surface area contributed by atoms with E-state index in [9.17, 15) is 18.0 Å². The third-order valence-corrected chi connectivity index (χ3v) is 5.23. The molecule has 0 bridgehead atoms. The number of hydrogen-bond donors (Lipinski definition) is 0. The highest BCUT2D eigenvalue weighted by Gasteiger charge is 2.26. The Morgan fingerprint density at radius 2 is 1.73 bits per heavy atom. The molecule has 0 spiro atoms. The molecule has 0 radical (unpaired) electrons. The summed E-state index contributed by atoms with van der Waals surface area (Å²) in [6.45, 7) is 0.687. The van der Waals surface area contributed by atoms with Gasteiger partial charge in [0.1, 0.15) is 5.75 Å². The molecule has 0 atom stereocenters. The SMILES string of the molecule is COc1ccc(/C=C/C(=O)OCC(=O)N2CCN(S(C)(=O)=O)CC2)cc1. The Balaban J connectivity index is 1.76. The molecule has 0 N–H and O–H groups in total. The molecule has 2 rings (SSSR count). The Labute approximate surface area is 153 Å². The monoisotopic (exact) mass is 382 g/mol. The quantitative estimate of drug-likeness (QED) is 0.521. The minimum atomic E-state index is -3.25. The summed E-state index contributed by atoms with van der Waals surface area (Å²) in [5.41, 5.74) is 0.797. The molecule has 1 amide bonds. The average Bonchev–Trinajstić information content (AvgIpc) is 2.64. The summed E-state index contributed by atoms with van der Waals surface area (Å²) in [7, 11) is -1.68. The van der Waals surface area contributed by atoms with Crippen molar-refractivity contribution >= 4 is 28.0 Å². The first-order chi connectivity index (χ1) is 12.3. The fraction of sp³-hybridized carbons (Fsp3) is 0.412. The summed E-state index contributed by atoms with van der Waals surface area (Å²) >= 11 is 0. The Hall–Kier alpha value is -2.39. The minimum Gasteiger partial charge on any atom is -0.497 e. The fourth-order valence-electron chi connectivity index (χ4n) is 2.42. The van der Waals surface area contributed by atoms with Crippen molar-refractivity contribution in [3.05, 3.63) is 35.9 Å². The Morgan fingerprint density at radius 3 is 2.27 bits per heavy atom. The molecule has 0 unspecified atom stereocenters. The lowest BCUT2D eigenvalue weighted by molar-refractivity contribution is -0.148. The third kappa shape index (κ3) is 5.85. The first-order valence-electron chi connectivity index (χ1n) is 8.01. The maximum Gasteiger partial charge on any atom is 0.331 e. The van der Waals surface area contributed by atoms with Crippen molar-refractivity contribution in [2.24, 2.45) is 0 Å². The molecule has 0 saturated carbocycles. The van der Waals surface area contributed by atoms with Gasteiger partial charge >= 0.3 is 5.97 Å². The van der Waals surface area contributed by atoms with Gasteiger partial charge in [-0.2, -0.15) is 4.31 Å². The molecule has 26 heavy (non-hydrogen) atoms. The lowest BCUT2D eigenvalue weighted by Gasteiger charge is -2.33. The Kier molecular flexibility index (Phi) is 6.76. The van der Waals surface area contributed by atoms with Gasteiger partial charge in [0, 0.05) is 32.3 Å². The number of carbonyl (C=O) groups is 2. The van der Waals surface area contributed by atoms with Crippen molar-refractivity contribution < 1.29 is 27.5 Å². The summed E-state index contributed by atoms with van der Waals surface area (Å²) < 4.78 is 34.2. The molecule has 1 heterocycles. The largest absolute Gasteiger partial charge is 0.497 e. The van der Waals surface area contributed by atoms with E-state index in [1.165, 1.54) is 15.3 Å². The molecule has 1 aromatic rings. The number of hydrogen-bond acceptors (Lipinski definition) is 6. The van der Waals surface area contributed by atoms with Gasteiger partial charge < -0.3 is 14.4 Å². The molecule has 1 aromatic carbocycles. The van der Waals surface area contributed by atoms with Crippen LogP contribution in [0.15, 0.2) is 30.3 Å². The van der Waals surface area contributed by atoms with E-state index in [2.05, 4.69) is 0 Å². The first-order valence-corrected chi connectivity index (χ1v) is 9.86. The number of nitrogens with zero attached hydrogens (tertiary/aromatic N) is 2. The van der Waals surface area contributed by atoms with Crippen LogP contribution in [0, 0.1) is 0 Å². The van der Waals surface area contributed by atoms with Gasteiger partial charge in [-0.25, -0.2) is 13.2 Å². The fourth-order valence-corrected chi connectivity index (χ4v) is 3.25. The highest BCUT2D eigenvalue weighted by molar-refractivity contribution is 7.88. The van der Waals surface area contributed by atoms with Crippen LogP contribution in [-0.2, 0) is 24.3 Å². The smallest absolute Gasteiger partial charge is 0.331 e. The van der Waals surface area contributed by atoms with Crippen LogP contribution >= 0.6 is 0 Å². The highest BCUT2D eigenvalue weighted by atomic mass is 32.2. The highest BCUT2D eigenvalue weighted by Crippen LogP contribution is 2.12. The minimum absolute atomic E-state index is 0.246. The number of esters is 1. The molecule has 0 aromatic heterocycles. The van der Waals surface area contributed by atoms with Crippen LogP contribution < -0.4 is 4.74 Å². The number of amides is 1. The van der Waals surface area contributed by atoms with Crippen molar-refractivity contribution in [3.63, 3.8) is 0 Å². The topological polar surface area (TPSA) is 93.2 Å². The molecule has 1 aliphatic heterocycles. The zero-order valence-corrected chi connectivity index (χ0v) is 15.6. The lowest BCUT2D eigenvalue weighted by Crippen LogP contribution is -2.51. The van der Waals surface area contributed by atoms with Gasteiger partial charge in [-0.15, -0.1) is 0 Å². The van der Waals surface area contributed by atoms with E-state index in [-0.39, 0.29) is 38.7 Å². The number of benzene rings is 1. The molecule has 9 heteroatoms. The maximum atomic E-state index is 12.0. The molecule has 142 valence electrons. The second kappa shape index (κ2) is 8.81. The standard InChI is InChI=1S/C17H22N2O6S/c1-24-15-6-3-14(4-7-15)5-8-17(21)25-13-16(20)18-9-11-19(12-10-18)26(2,22)23/h3-8H,9-13H2,1-2H3/b8-5+. The predicted molar refractivity (Wildman–Crippen MR) is 96.0 cm³/mol. The molecule has 8 nitrogen and oxygen atoms in total. The van der Waals surface area contributed by atoms with Gasteiger partial charge in [0.2, 0.25) is 10.0 Å². The van der Waals surface area contributed by atoms with E-state index in [0.717, 1.165) is 11.8 Å². The number of methoxy groups -OCH3 is 1. The Bertz CT molecular complexity index is 765. The van der Waals surface area contributed by atoms with E-state index >= 15 is 0 Å². The summed E-state index contributed by atoms with van der Waals surface area (Å²) in [6.07, 6.45) is 3.97.